The van der Waals surface area contributed by atoms with Crippen LogP contribution in [-0.2, 0) is 11.3 Å². The molecule has 5 N–H and O–H groups in total. The largest absolute Gasteiger partial charge is 0.481 e. The lowest BCUT2D eigenvalue weighted by molar-refractivity contribution is -0.137. The lowest BCUT2D eigenvalue weighted by Gasteiger charge is -1.99. The van der Waals surface area contributed by atoms with Crippen molar-refractivity contribution < 1.29 is 14.7 Å². The normalized spacial score (nSPS) is 10.0. The number of aromatic nitrogens is 2. The van der Waals surface area contributed by atoms with E-state index in [1.54, 1.807) is 0 Å². The number of carbonyl (C=O) groups excluding carboxylic acids is 1. The van der Waals surface area contributed by atoms with E-state index in [4.69, 9.17) is 16.6 Å². The topological polar surface area (TPSA) is 124 Å². The Hall–Kier alpha value is -2.05. The Balaban J connectivity index is 2.77. The van der Waals surface area contributed by atoms with E-state index in [9.17, 15) is 9.59 Å². The number of carbonyl (C=O) groups is 2. The standard InChI is InChI=1S/C7H10N4O3/c8-5-3-4(7(9)14)10-11(5)2-1-6(12)13/h3H,1-2,8H2,(H2,9,14)(H,12,13). The van der Waals surface area contributed by atoms with Gasteiger partial charge in [0.15, 0.2) is 5.69 Å². The number of hydrogen-bond acceptors (Lipinski definition) is 4. The average Bonchev–Trinajstić information content (AvgIpc) is 2.43. The molecule has 0 aliphatic carbocycles. The van der Waals surface area contributed by atoms with Gasteiger partial charge in [-0.2, -0.15) is 5.10 Å². The van der Waals surface area contributed by atoms with E-state index in [1.807, 2.05) is 0 Å². The molecule has 0 radical (unpaired) electrons. The minimum absolute atomic E-state index is 0.0351. The smallest absolute Gasteiger partial charge is 0.305 e. The van der Waals surface area contributed by atoms with Crippen LogP contribution in [0.2, 0.25) is 0 Å². The van der Waals surface area contributed by atoms with Gasteiger partial charge in [0.05, 0.1) is 13.0 Å². The molecule has 1 heterocycles. The fourth-order valence-corrected chi connectivity index (χ4v) is 0.932. The van der Waals surface area contributed by atoms with Crippen molar-refractivity contribution >= 4 is 17.7 Å². The number of rotatable bonds is 4. The molecule has 0 fully saturated rings. The molecule has 76 valence electrons. The van der Waals surface area contributed by atoms with E-state index in [2.05, 4.69) is 5.10 Å². The lowest BCUT2D eigenvalue weighted by Crippen LogP contribution is -2.13. The van der Waals surface area contributed by atoms with Crippen LogP contribution in [0.5, 0.6) is 0 Å². The van der Waals surface area contributed by atoms with Gasteiger partial charge in [0.2, 0.25) is 0 Å². The van der Waals surface area contributed by atoms with Crippen LogP contribution in [-0.4, -0.2) is 26.8 Å². The molecule has 0 saturated heterocycles. The number of hydrogen-bond donors (Lipinski definition) is 3. The molecule has 1 amide bonds. The number of primary amides is 1. The number of aryl methyl sites for hydroxylation is 1. The number of carboxylic acids is 1. The van der Waals surface area contributed by atoms with E-state index in [1.165, 1.54) is 10.7 Å². The van der Waals surface area contributed by atoms with Crippen molar-refractivity contribution in [2.24, 2.45) is 5.73 Å². The summed E-state index contributed by atoms with van der Waals surface area (Å²) in [5.41, 5.74) is 10.5. The Kier molecular flexibility index (Phi) is 2.70. The number of carboxylic acid groups (broad SMARTS) is 1. The third-order valence-electron chi connectivity index (χ3n) is 1.60. The Bertz CT molecular complexity index is 371. The van der Waals surface area contributed by atoms with Crippen molar-refractivity contribution in [3.05, 3.63) is 11.8 Å². The van der Waals surface area contributed by atoms with Gasteiger partial charge in [-0.15, -0.1) is 0 Å². The van der Waals surface area contributed by atoms with Crippen LogP contribution < -0.4 is 11.5 Å². The second-order valence-corrected chi connectivity index (χ2v) is 2.69. The molecule has 0 aliphatic heterocycles. The van der Waals surface area contributed by atoms with Crippen molar-refractivity contribution in [3.8, 4) is 0 Å². The van der Waals surface area contributed by atoms with E-state index < -0.39 is 11.9 Å². The van der Waals surface area contributed by atoms with Crippen LogP contribution in [0.1, 0.15) is 16.9 Å². The molecule has 1 aromatic heterocycles. The number of amides is 1. The Morgan fingerprint density at radius 2 is 2.21 bits per heavy atom. The van der Waals surface area contributed by atoms with Crippen LogP contribution in [0.4, 0.5) is 5.82 Å². The summed E-state index contributed by atoms with van der Waals surface area (Å²) in [4.78, 5) is 20.9. The molecule has 1 aromatic rings. The number of aliphatic carboxylic acids is 1. The van der Waals surface area contributed by atoms with Gasteiger partial charge in [-0.25, -0.2) is 4.68 Å². The number of nitrogen functional groups attached to an aromatic ring is 1. The predicted octanol–water partition coefficient (Wildman–Crippen LogP) is -0.961. The summed E-state index contributed by atoms with van der Waals surface area (Å²) >= 11 is 0. The maximum atomic E-state index is 10.7. The van der Waals surface area contributed by atoms with Gasteiger partial charge < -0.3 is 16.6 Å². The summed E-state index contributed by atoms with van der Waals surface area (Å²) in [7, 11) is 0. The fraction of sp³-hybridized carbons (Fsp3) is 0.286. The first-order valence-corrected chi connectivity index (χ1v) is 3.85. The molecule has 0 aliphatic rings. The zero-order valence-electron chi connectivity index (χ0n) is 7.30. The van der Waals surface area contributed by atoms with Crippen LogP contribution in [0.25, 0.3) is 0 Å². The highest BCUT2D eigenvalue weighted by Crippen LogP contribution is 2.06. The van der Waals surface area contributed by atoms with Gasteiger partial charge in [-0.3, -0.25) is 9.59 Å². The summed E-state index contributed by atoms with van der Waals surface area (Å²) in [6.07, 6.45) is -0.107. The summed E-state index contributed by atoms with van der Waals surface area (Å²) in [5, 5.41) is 12.1. The molecule has 0 unspecified atom stereocenters. The molecule has 7 heteroatoms. The first-order valence-electron chi connectivity index (χ1n) is 3.85. The van der Waals surface area contributed by atoms with Gasteiger partial charge in [0.25, 0.3) is 5.91 Å². The lowest BCUT2D eigenvalue weighted by atomic mass is 10.4. The van der Waals surface area contributed by atoms with Gasteiger partial charge in [-0.1, -0.05) is 0 Å². The third kappa shape index (κ3) is 2.22. The highest BCUT2D eigenvalue weighted by Gasteiger charge is 2.09. The van der Waals surface area contributed by atoms with Crippen LogP contribution >= 0.6 is 0 Å². The van der Waals surface area contributed by atoms with Gasteiger partial charge in [0.1, 0.15) is 5.82 Å². The third-order valence-corrected chi connectivity index (χ3v) is 1.60. The number of nitrogens with two attached hydrogens (primary N) is 2. The van der Waals surface area contributed by atoms with E-state index in [0.29, 0.717) is 0 Å². The zero-order chi connectivity index (χ0) is 10.7. The monoisotopic (exact) mass is 198 g/mol. The van der Waals surface area contributed by atoms with Crippen LogP contribution in [0, 0.1) is 0 Å². The van der Waals surface area contributed by atoms with Crippen molar-refractivity contribution in [2.75, 3.05) is 5.73 Å². The average molecular weight is 198 g/mol. The first kappa shape index (κ1) is 10.0. The van der Waals surface area contributed by atoms with E-state index >= 15 is 0 Å². The summed E-state index contributed by atoms with van der Waals surface area (Å²) in [5.74, 6) is -1.42. The molecule has 0 atom stereocenters. The van der Waals surface area contributed by atoms with Crippen LogP contribution in [0.15, 0.2) is 6.07 Å². The second kappa shape index (κ2) is 3.77. The minimum Gasteiger partial charge on any atom is -0.481 e. The van der Waals surface area contributed by atoms with Crippen molar-refractivity contribution in [2.45, 2.75) is 13.0 Å². The highest BCUT2D eigenvalue weighted by atomic mass is 16.4. The molecule has 0 saturated carbocycles. The second-order valence-electron chi connectivity index (χ2n) is 2.69. The molecule has 7 nitrogen and oxygen atoms in total. The van der Waals surface area contributed by atoms with Gasteiger partial charge in [0, 0.05) is 6.07 Å². The maximum Gasteiger partial charge on any atom is 0.305 e. The van der Waals surface area contributed by atoms with Gasteiger partial charge in [-0.05, 0) is 0 Å². The number of anilines is 1. The van der Waals surface area contributed by atoms with Gasteiger partial charge >= 0.3 is 5.97 Å². The first-order chi connectivity index (χ1) is 6.50. The predicted molar refractivity (Wildman–Crippen MR) is 47.4 cm³/mol. The molecule has 0 spiro atoms. The van der Waals surface area contributed by atoms with E-state index in [-0.39, 0.29) is 24.5 Å². The molecule has 0 aromatic carbocycles. The summed E-state index contributed by atoms with van der Waals surface area (Å²) in [6, 6.07) is 1.31. The summed E-state index contributed by atoms with van der Waals surface area (Å²) < 4.78 is 1.23. The SMILES string of the molecule is NC(=O)c1cc(N)n(CCC(=O)O)n1. The maximum absolute atomic E-state index is 10.7. The minimum atomic E-state index is -0.958. The fourth-order valence-electron chi connectivity index (χ4n) is 0.932. The molecule has 0 bridgehead atoms. The van der Waals surface area contributed by atoms with E-state index in [0.717, 1.165) is 0 Å². The zero-order valence-corrected chi connectivity index (χ0v) is 7.30. The Morgan fingerprint density at radius 1 is 1.57 bits per heavy atom. The summed E-state index contributed by atoms with van der Waals surface area (Å²) in [6.45, 7) is 0.119. The molecule has 14 heavy (non-hydrogen) atoms. The van der Waals surface area contributed by atoms with Crippen LogP contribution in [0.3, 0.4) is 0 Å². The molecular weight excluding hydrogens is 188 g/mol. The Morgan fingerprint density at radius 3 is 2.64 bits per heavy atom. The molecule has 1 rings (SSSR count). The van der Waals surface area contributed by atoms with Crippen molar-refractivity contribution in [1.82, 2.24) is 9.78 Å². The highest BCUT2D eigenvalue weighted by molar-refractivity contribution is 5.91. The molecular formula is C7H10N4O3. The van der Waals surface area contributed by atoms with Crippen molar-refractivity contribution in [1.29, 1.82) is 0 Å². The van der Waals surface area contributed by atoms with Crippen molar-refractivity contribution in [3.63, 3.8) is 0 Å². The Labute approximate surface area is 79.3 Å². The quantitative estimate of drug-likeness (QED) is 0.574. The number of nitrogens with zero attached hydrogens (tertiary/aromatic N) is 2.